The van der Waals surface area contributed by atoms with Gasteiger partial charge in [0.1, 0.15) is 0 Å². The Morgan fingerprint density at radius 1 is 1.62 bits per heavy atom. The Kier molecular flexibility index (Phi) is 3.25. The lowest BCUT2D eigenvalue weighted by molar-refractivity contribution is -0.146. The van der Waals surface area contributed by atoms with E-state index in [1.807, 2.05) is 0 Å². The molecule has 0 aromatic heterocycles. The van der Waals surface area contributed by atoms with Gasteiger partial charge in [-0.05, 0) is 17.7 Å². The number of hydrogen-bond acceptors (Lipinski definition) is 2. The van der Waals surface area contributed by atoms with E-state index in [9.17, 15) is 9.18 Å². The van der Waals surface area contributed by atoms with Crippen molar-refractivity contribution in [2.45, 2.75) is 6.17 Å². The molecule has 0 aliphatic carbocycles. The van der Waals surface area contributed by atoms with Gasteiger partial charge < -0.3 is 4.74 Å². The van der Waals surface area contributed by atoms with Gasteiger partial charge in [0, 0.05) is 5.02 Å². The molecule has 0 aliphatic heterocycles. The Labute approximate surface area is 80.3 Å². The van der Waals surface area contributed by atoms with Crippen molar-refractivity contribution in [3.8, 4) is 0 Å². The van der Waals surface area contributed by atoms with Crippen LogP contribution in [-0.2, 0) is 9.53 Å². The monoisotopic (exact) mass is 202 g/mol. The molecule has 1 aromatic rings. The van der Waals surface area contributed by atoms with Crippen molar-refractivity contribution in [1.29, 1.82) is 0 Å². The van der Waals surface area contributed by atoms with Gasteiger partial charge in [0.05, 0.1) is 7.11 Å². The highest BCUT2D eigenvalue weighted by molar-refractivity contribution is 6.30. The van der Waals surface area contributed by atoms with E-state index in [0.717, 1.165) is 7.11 Å². The van der Waals surface area contributed by atoms with Gasteiger partial charge in [-0.1, -0.05) is 23.7 Å². The molecular weight excluding hydrogens is 195 g/mol. The highest BCUT2D eigenvalue weighted by Crippen LogP contribution is 2.21. The van der Waals surface area contributed by atoms with Crippen LogP contribution in [0.3, 0.4) is 0 Å². The Balaban J connectivity index is 2.88. The summed E-state index contributed by atoms with van der Waals surface area (Å²) in [4.78, 5) is 10.8. The standard InChI is InChI=1S/C9H8ClFO2/c1-13-9(12)8(11)6-3-2-4-7(10)5-6/h2-5,8H,1H3. The number of carbonyl (C=O) groups is 1. The third-order valence-corrected chi connectivity index (χ3v) is 1.78. The van der Waals surface area contributed by atoms with Crippen LogP contribution in [-0.4, -0.2) is 13.1 Å². The molecule has 0 radical (unpaired) electrons. The van der Waals surface area contributed by atoms with Gasteiger partial charge in [-0.3, -0.25) is 0 Å². The first-order valence-corrected chi connectivity index (χ1v) is 4.00. The van der Waals surface area contributed by atoms with Crippen molar-refractivity contribution in [2.24, 2.45) is 0 Å². The second-order valence-electron chi connectivity index (χ2n) is 2.44. The number of hydrogen-bond donors (Lipinski definition) is 0. The summed E-state index contributed by atoms with van der Waals surface area (Å²) in [5.74, 6) is -0.915. The molecule has 0 N–H and O–H groups in total. The topological polar surface area (TPSA) is 26.3 Å². The first-order chi connectivity index (χ1) is 6.15. The maximum atomic E-state index is 13.2. The minimum atomic E-state index is -1.76. The van der Waals surface area contributed by atoms with Crippen LogP contribution < -0.4 is 0 Å². The van der Waals surface area contributed by atoms with Crippen LogP contribution in [0.15, 0.2) is 24.3 Å². The highest BCUT2D eigenvalue weighted by Gasteiger charge is 2.19. The molecule has 1 rings (SSSR count). The van der Waals surface area contributed by atoms with Gasteiger partial charge in [-0.25, -0.2) is 9.18 Å². The number of alkyl halides is 1. The van der Waals surface area contributed by atoms with Crippen LogP contribution in [0.2, 0.25) is 5.02 Å². The van der Waals surface area contributed by atoms with E-state index in [1.54, 1.807) is 12.1 Å². The molecule has 13 heavy (non-hydrogen) atoms. The average Bonchev–Trinajstić information content (AvgIpc) is 2.15. The zero-order chi connectivity index (χ0) is 9.84. The molecule has 0 aliphatic rings. The summed E-state index contributed by atoms with van der Waals surface area (Å²) in [5.41, 5.74) is 0.208. The van der Waals surface area contributed by atoms with Crippen LogP contribution in [0.1, 0.15) is 11.7 Å². The Morgan fingerprint density at radius 3 is 2.85 bits per heavy atom. The lowest BCUT2D eigenvalue weighted by Gasteiger charge is -2.05. The fraction of sp³-hybridized carbons (Fsp3) is 0.222. The van der Waals surface area contributed by atoms with E-state index < -0.39 is 12.1 Å². The summed E-state index contributed by atoms with van der Waals surface area (Å²) in [6, 6.07) is 6.05. The van der Waals surface area contributed by atoms with E-state index in [1.165, 1.54) is 12.1 Å². The SMILES string of the molecule is COC(=O)C(F)c1cccc(Cl)c1. The molecular formula is C9H8ClFO2. The van der Waals surface area contributed by atoms with Crippen molar-refractivity contribution < 1.29 is 13.9 Å². The number of rotatable bonds is 2. The lowest BCUT2D eigenvalue weighted by Crippen LogP contribution is -2.09. The molecule has 0 heterocycles. The van der Waals surface area contributed by atoms with Crippen LogP contribution in [0.25, 0.3) is 0 Å². The fourth-order valence-electron chi connectivity index (χ4n) is 0.904. The third kappa shape index (κ3) is 2.42. The molecule has 2 nitrogen and oxygen atoms in total. The molecule has 0 spiro atoms. The number of halogens is 2. The van der Waals surface area contributed by atoms with E-state index in [0.29, 0.717) is 5.02 Å². The molecule has 1 atom stereocenters. The normalized spacial score (nSPS) is 12.2. The predicted octanol–water partition coefficient (Wildman–Crippen LogP) is 2.52. The highest BCUT2D eigenvalue weighted by atomic mass is 35.5. The Morgan fingerprint density at radius 2 is 2.31 bits per heavy atom. The molecule has 1 aromatic carbocycles. The molecule has 0 amide bonds. The minimum absolute atomic E-state index is 0.208. The van der Waals surface area contributed by atoms with Crippen molar-refractivity contribution in [1.82, 2.24) is 0 Å². The van der Waals surface area contributed by atoms with Crippen LogP contribution in [0.5, 0.6) is 0 Å². The van der Waals surface area contributed by atoms with Gasteiger partial charge in [0.2, 0.25) is 6.17 Å². The first-order valence-electron chi connectivity index (χ1n) is 3.62. The summed E-state index contributed by atoms with van der Waals surface area (Å²) < 4.78 is 17.4. The van der Waals surface area contributed by atoms with Crippen molar-refractivity contribution in [2.75, 3.05) is 7.11 Å². The first kappa shape index (κ1) is 9.99. The van der Waals surface area contributed by atoms with Gasteiger partial charge in [0.15, 0.2) is 0 Å². The summed E-state index contributed by atoms with van der Waals surface area (Å²) >= 11 is 5.62. The van der Waals surface area contributed by atoms with Gasteiger partial charge in [0.25, 0.3) is 0 Å². The smallest absolute Gasteiger partial charge is 0.345 e. The van der Waals surface area contributed by atoms with E-state index in [-0.39, 0.29) is 5.56 Å². The largest absolute Gasteiger partial charge is 0.467 e. The molecule has 0 bridgehead atoms. The van der Waals surface area contributed by atoms with Gasteiger partial charge >= 0.3 is 5.97 Å². The maximum Gasteiger partial charge on any atom is 0.345 e. The maximum absolute atomic E-state index is 13.2. The fourth-order valence-corrected chi connectivity index (χ4v) is 1.10. The zero-order valence-corrected chi connectivity index (χ0v) is 7.72. The number of esters is 1. The second kappa shape index (κ2) is 4.23. The van der Waals surface area contributed by atoms with E-state index in [2.05, 4.69) is 4.74 Å². The summed E-state index contributed by atoms with van der Waals surface area (Å²) in [7, 11) is 1.14. The Bertz CT molecular complexity index is 314. The van der Waals surface area contributed by atoms with E-state index in [4.69, 9.17) is 11.6 Å². The summed E-state index contributed by atoms with van der Waals surface area (Å²) in [6.07, 6.45) is -1.76. The van der Waals surface area contributed by atoms with Crippen molar-refractivity contribution >= 4 is 17.6 Å². The molecule has 1 unspecified atom stereocenters. The second-order valence-corrected chi connectivity index (χ2v) is 2.88. The summed E-state index contributed by atoms with van der Waals surface area (Å²) in [6.45, 7) is 0. The lowest BCUT2D eigenvalue weighted by atomic mass is 10.1. The van der Waals surface area contributed by atoms with Crippen LogP contribution >= 0.6 is 11.6 Å². The van der Waals surface area contributed by atoms with Crippen molar-refractivity contribution in [3.05, 3.63) is 34.9 Å². The number of ether oxygens (including phenoxy) is 1. The quantitative estimate of drug-likeness (QED) is 0.689. The average molecular weight is 203 g/mol. The summed E-state index contributed by atoms with van der Waals surface area (Å²) in [5, 5.41) is 0.393. The van der Waals surface area contributed by atoms with Gasteiger partial charge in [-0.15, -0.1) is 0 Å². The number of carbonyl (C=O) groups excluding carboxylic acids is 1. The molecule has 0 saturated carbocycles. The number of methoxy groups -OCH3 is 1. The predicted molar refractivity (Wildman–Crippen MR) is 47.3 cm³/mol. The molecule has 0 saturated heterocycles. The van der Waals surface area contributed by atoms with Crippen molar-refractivity contribution in [3.63, 3.8) is 0 Å². The Hall–Kier alpha value is -1.09. The molecule has 4 heteroatoms. The van der Waals surface area contributed by atoms with Gasteiger partial charge in [-0.2, -0.15) is 0 Å². The van der Waals surface area contributed by atoms with Crippen LogP contribution in [0, 0.1) is 0 Å². The zero-order valence-electron chi connectivity index (χ0n) is 6.96. The molecule has 70 valence electrons. The van der Waals surface area contributed by atoms with Crippen LogP contribution in [0.4, 0.5) is 4.39 Å². The van der Waals surface area contributed by atoms with E-state index >= 15 is 0 Å². The third-order valence-electron chi connectivity index (χ3n) is 1.55. The number of benzene rings is 1. The molecule has 0 fully saturated rings. The minimum Gasteiger partial charge on any atom is -0.467 e.